The minimum Gasteiger partial charge on any atom is -0.227 e. The van der Waals surface area contributed by atoms with Crippen molar-refractivity contribution in [2.45, 2.75) is 38.8 Å². The van der Waals surface area contributed by atoms with Crippen molar-refractivity contribution < 1.29 is 0 Å². The van der Waals surface area contributed by atoms with Crippen molar-refractivity contribution in [3.05, 3.63) is 36.5 Å². The highest BCUT2D eigenvalue weighted by atomic mass is 15.7. The van der Waals surface area contributed by atoms with Gasteiger partial charge in [0.05, 0.1) is 18.0 Å². The lowest BCUT2D eigenvalue weighted by Crippen LogP contribution is -2.41. The van der Waals surface area contributed by atoms with Crippen LogP contribution < -0.4 is 5.43 Å². The summed E-state index contributed by atoms with van der Waals surface area (Å²) in [6.45, 7) is 15.3. The number of hydrazone groups is 1. The third-order valence-corrected chi connectivity index (χ3v) is 3.19. The average molecular weight is 258 g/mol. The van der Waals surface area contributed by atoms with E-state index in [4.69, 9.17) is 5.26 Å². The molecule has 0 aromatic carbocycles. The zero-order valence-electron chi connectivity index (χ0n) is 11.8. The van der Waals surface area contributed by atoms with Gasteiger partial charge in [-0.3, -0.25) is 0 Å². The summed E-state index contributed by atoms with van der Waals surface area (Å²) in [6.07, 6.45) is 6.04. The van der Waals surface area contributed by atoms with Crippen LogP contribution in [0.25, 0.3) is 0 Å². The van der Waals surface area contributed by atoms with Gasteiger partial charge in [0.2, 0.25) is 0 Å². The van der Waals surface area contributed by atoms with Crippen molar-refractivity contribution in [1.29, 1.82) is 5.26 Å². The largest absolute Gasteiger partial charge is 0.227 e. The summed E-state index contributed by atoms with van der Waals surface area (Å²) in [5.41, 5.74) is 4.96. The third kappa shape index (κ3) is 4.72. The first-order chi connectivity index (χ1) is 8.99. The quantitative estimate of drug-likeness (QED) is 0.414. The molecule has 0 heterocycles. The van der Waals surface area contributed by atoms with E-state index in [9.17, 15) is 0 Å². The molecule has 4 nitrogen and oxygen atoms in total. The van der Waals surface area contributed by atoms with Gasteiger partial charge in [-0.15, -0.1) is 0 Å². The first-order valence-electron chi connectivity index (χ1n) is 6.47. The van der Waals surface area contributed by atoms with Crippen molar-refractivity contribution in [2.75, 3.05) is 0 Å². The van der Waals surface area contributed by atoms with E-state index in [1.807, 2.05) is 26.0 Å². The summed E-state index contributed by atoms with van der Waals surface area (Å²) < 4.78 is 0. The highest BCUT2D eigenvalue weighted by Gasteiger charge is 2.29. The fraction of sp³-hybridized carbons (Fsp3) is 0.467. The maximum atomic E-state index is 8.79. The van der Waals surface area contributed by atoms with Crippen LogP contribution >= 0.6 is 0 Å². The van der Waals surface area contributed by atoms with Crippen LogP contribution in [0.1, 0.15) is 26.7 Å². The number of allylic oxidation sites excluding steroid dienone is 2. The maximum absolute atomic E-state index is 8.79. The summed E-state index contributed by atoms with van der Waals surface area (Å²) in [7, 11) is 0. The fourth-order valence-electron chi connectivity index (χ4n) is 1.45. The molecular formula is C15H22N4. The van der Waals surface area contributed by atoms with Crippen LogP contribution in [0.4, 0.5) is 0 Å². The minimum atomic E-state index is -0.176. The Bertz CT molecular complexity index is 426. The molecule has 1 rings (SSSR count). The van der Waals surface area contributed by atoms with Gasteiger partial charge in [0.1, 0.15) is 0 Å². The van der Waals surface area contributed by atoms with Crippen LogP contribution in [-0.2, 0) is 0 Å². The Morgan fingerprint density at radius 2 is 1.95 bits per heavy atom. The Balaban J connectivity index is 2.48. The number of rotatable bonds is 8. The molecule has 0 aliphatic heterocycles. The van der Waals surface area contributed by atoms with Gasteiger partial charge in [0, 0.05) is 12.8 Å². The Hall–Kier alpha value is -1.86. The van der Waals surface area contributed by atoms with Crippen molar-refractivity contribution in [3.63, 3.8) is 0 Å². The highest BCUT2D eigenvalue weighted by Crippen LogP contribution is 2.25. The molecule has 0 saturated heterocycles. The zero-order valence-corrected chi connectivity index (χ0v) is 11.8. The first-order valence-corrected chi connectivity index (χ1v) is 6.47. The SMILES string of the molecule is C=NN(NC(C)C(=C)/C=C\C(=C)C(C)C#N)C1CC1. The average Bonchev–Trinajstić information content (AvgIpc) is 3.24. The monoisotopic (exact) mass is 258 g/mol. The van der Waals surface area contributed by atoms with E-state index in [1.165, 1.54) is 0 Å². The molecule has 1 N–H and O–H groups in total. The van der Waals surface area contributed by atoms with Crippen LogP contribution in [0.5, 0.6) is 0 Å². The Labute approximate surface area is 115 Å². The second-order valence-corrected chi connectivity index (χ2v) is 4.90. The molecule has 0 spiro atoms. The van der Waals surface area contributed by atoms with E-state index < -0.39 is 0 Å². The number of nitrogens with one attached hydrogen (secondary N) is 1. The van der Waals surface area contributed by atoms with Gasteiger partial charge in [-0.25, -0.2) is 10.5 Å². The van der Waals surface area contributed by atoms with Gasteiger partial charge in [0.25, 0.3) is 0 Å². The summed E-state index contributed by atoms with van der Waals surface area (Å²) in [6, 6.07) is 2.68. The predicted molar refractivity (Wildman–Crippen MR) is 79.2 cm³/mol. The summed E-state index contributed by atoms with van der Waals surface area (Å²) in [5.74, 6) is -0.176. The molecular weight excluding hydrogens is 236 g/mol. The van der Waals surface area contributed by atoms with E-state index in [-0.39, 0.29) is 12.0 Å². The van der Waals surface area contributed by atoms with Crippen LogP contribution in [0.3, 0.4) is 0 Å². The van der Waals surface area contributed by atoms with E-state index in [1.54, 1.807) is 5.12 Å². The lowest BCUT2D eigenvalue weighted by atomic mass is 10.0. The van der Waals surface area contributed by atoms with Crippen LogP contribution in [-0.4, -0.2) is 23.9 Å². The van der Waals surface area contributed by atoms with Crippen molar-refractivity contribution in [1.82, 2.24) is 10.5 Å². The van der Waals surface area contributed by atoms with E-state index in [0.717, 1.165) is 24.0 Å². The molecule has 2 atom stereocenters. The Morgan fingerprint density at radius 3 is 2.42 bits per heavy atom. The molecule has 0 aromatic rings. The number of hydrogen-bond donors (Lipinski definition) is 1. The summed E-state index contributed by atoms with van der Waals surface area (Å²) in [4.78, 5) is 0. The van der Waals surface area contributed by atoms with Crippen LogP contribution in [0.15, 0.2) is 41.6 Å². The molecule has 0 amide bonds. The van der Waals surface area contributed by atoms with E-state index >= 15 is 0 Å². The molecule has 0 aromatic heterocycles. The normalized spacial score (nSPS) is 17.5. The maximum Gasteiger partial charge on any atom is 0.0700 e. The van der Waals surface area contributed by atoms with Crippen molar-refractivity contribution in [2.24, 2.45) is 11.0 Å². The number of nitrogens with zero attached hydrogens (tertiary/aromatic N) is 3. The number of hydrazine groups is 1. The second-order valence-electron chi connectivity index (χ2n) is 4.90. The molecule has 1 fully saturated rings. The van der Waals surface area contributed by atoms with Gasteiger partial charge in [-0.05, 0) is 37.8 Å². The molecule has 102 valence electrons. The zero-order chi connectivity index (χ0) is 14.4. The molecule has 19 heavy (non-hydrogen) atoms. The lowest BCUT2D eigenvalue weighted by Gasteiger charge is -2.24. The Morgan fingerprint density at radius 1 is 1.37 bits per heavy atom. The molecule has 2 unspecified atom stereocenters. The fourth-order valence-corrected chi connectivity index (χ4v) is 1.45. The smallest absolute Gasteiger partial charge is 0.0700 e. The predicted octanol–water partition coefficient (Wildman–Crippen LogP) is 2.79. The van der Waals surface area contributed by atoms with Crippen molar-refractivity contribution >= 4 is 6.72 Å². The van der Waals surface area contributed by atoms with Gasteiger partial charge >= 0.3 is 0 Å². The third-order valence-electron chi connectivity index (χ3n) is 3.19. The molecule has 1 saturated carbocycles. The first kappa shape index (κ1) is 15.2. The summed E-state index contributed by atoms with van der Waals surface area (Å²) >= 11 is 0. The minimum absolute atomic E-state index is 0.0625. The second kappa shape index (κ2) is 6.91. The topological polar surface area (TPSA) is 51.4 Å². The van der Waals surface area contributed by atoms with Gasteiger partial charge < -0.3 is 0 Å². The standard InChI is InChI=1S/C15H22N4/c1-11(13(3)10-16)6-7-12(2)14(4)18-19(17-5)15-8-9-15/h6-7,13-15,18H,1-2,5,8-9H2,3-4H3/b7-6-. The number of hydrogen-bond acceptors (Lipinski definition) is 4. The highest BCUT2D eigenvalue weighted by molar-refractivity contribution is 5.30. The summed E-state index contributed by atoms with van der Waals surface area (Å²) in [5, 5.41) is 14.6. The van der Waals surface area contributed by atoms with Crippen molar-refractivity contribution in [3.8, 4) is 6.07 Å². The molecule has 0 bridgehead atoms. The number of nitriles is 1. The van der Waals surface area contributed by atoms with Crippen LogP contribution in [0.2, 0.25) is 0 Å². The molecule has 1 aliphatic rings. The Kier molecular flexibility index (Phi) is 5.53. The van der Waals surface area contributed by atoms with Gasteiger partial charge in [-0.2, -0.15) is 10.4 Å². The van der Waals surface area contributed by atoms with Gasteiger partial charge in [0.15, 0.2) is 0 Å². The lowest BCUT2D eigenvalue weighted by molar-refractivity contribution is 0.172. The van der Waals surface area contributed by atoms with E-state index in [0.29, 0.717) is 6.04 Å². The van der Waals surface area contributed by atoms with Gasteiger partial charge in [-0.1, -0.05) is 25.3 Å². The van der Waals surface area contributed by atoms with E-state index in [2.05, 4.69) is 36.5 Å². The molecule has 4 heteroatoms. The molecule has 1 aliphatic carbocycles. The van der Waals surface area contributed by atoms with Crippen LogP contribution in [0, 0.1) is 17.2 Å². The molecule has 0 radical (unpaired) electrons.